The van der Waals surface area contributed by atoms with Gasteiger partial charge < -0.3 is 24.6 Å². The van der Waals surface area contributed by atoms with E-state index >= 15 is 0 Å². The number of hydrogen-bond acceptors (Lipinski definition) is 8. The van der Waals surface area contributed by atoms with Gasteiger partial charge in [0.05, 0.1) is 21.3 Å². The van der Waals surface area contributed by atoms with Crippen LogP contribution in [-0.4, -0.2) is 47.0 Å². The monoisotopic (exact) mass is 448 g/mol. The van der Waals surface area contributed by atoms with Gasteiger partial charge in [-0.25, -0.2) is 4.68 Å². The molecule has 2 aromatic carbocycles. The number of nitrogens with one attached hydrogen (secondary N) is 1. The highest BCUT2D eigenvalue weighted by Gasteiger charge is 2.40. The van der Waals surface area contributed by atoms with E-state index < -0.39 is 6.04 Å². The number of Topliss-reactive ketones (excluding diaryl/α,β-unsaturated/α-hetero) is 1. The quantitative estimate of drug-likeness (QED) is 0.611. The SMILES string of the molecule is COc1cc([C@@H]2CC(=O)C3=C(C2)Nc2ncnn2[C@@H]3c2ccccc2O)cc(OC)c1OC. The summed E-state index contributed by atoms with van der Waals surface area (Å²) in [7, 11) is 4.70. The highest BCUT2D eigenvalue weighted by Crippen LogP contribution is 2.47. The number of methoxy groups -OCH3 is 3. The smallest absolute Gasteiger partial charge is 0.226 e. The molecule has 0 radical (unpaired) electrons. The maximum atomic E-state index is 13.5. The Hall–Kier alpha value is -4.01. The molecule has 0 amide bonds. The molecule has 1 aliphatic heterocycles. The molecule has 0 bridgehead atoms. The molecular formula is C24H24N4O5. The zero-order valence-electron chi connectivity index (χ0n) is 18.5. The molecule has 33 heavy (non-hydrogen) atoms. The summed E-state index contributed by atoms with van der Waals surface area (Å²) in [5.74, 6) is 2.12. The van der Waals surface area contributed by atoms with E-state index in [4.69, 9.17) is 14.2 Å². The number of rotatable bonds is 5. The number of hydrogen-bond donors (Lipinski definition) is 2. The number of carbonyl (C=O) groups is 1. The zero-order chi connectivity index (χ0) is 23.1. The molecule has 5 rings (SSSR count). The Bertz CT molecular complexity index is 1240. The minimum atomic E-state index is -0.548. The number of phenols is 1. The van der Waals surface area contributed by atoms with Gasteiger partial charge in [-0.2, -0.15) is 10.1 Å². The summed E-state index contributed by atoms with van der Waals surface area (Å²) in [5.41, 5.74) is 2.90. The molecule has 9 heteroatoms. The lowest BCUT2D eigenvalue weighted by Gasteiger charge is -2.35. The van der Waals surface area contributed by atoms with Crippen molar-refractivity contribution in [3.05, 3.63) is 65.1 Å². The van der Waals surface area contributed by atoms with E-state index in [0.29, 0.717) is 47.2 Å². The molecule has 0 unspecified atom stereocenters. The lowest BCUT2D eigenvalue weighted by molar-refractivity contribution is -0.116. The van der Waals surface area contributed by atoms with E-state index in [2.05, 4.69) is 15.4 Å². The van der Waals surface area contributed by atoms with Crippen LogP contribution in [0.2, 0.25) is 0 Å². The van der Waals surface area contributed by atoms with Crippen molar-refractivity contribution >= 4 is 11.7 Å². The van der Waals surface area contributed by atoms with Gasteiger partial charge in [0.25, 0.3) is 0 Å². The van der Waals surface area contributed by atoms with Crippen molar-refractivity contribution in [2.24, 2.45) is 0 Å². The average molecular weight is 448 g/mol. The highest BCUT2D eigenvalue weighted by atomic mass is 16.5. The van der Waals surface area contributed by atoms with Crippen molar-refractivity contribution in [3.8, 4) is 23.0 Å². The standard InChI is InChI=1S/C24H24N4O5/c1-31-19-10-14(11-20(32-2)23(19)33-3)13-8-16-21(18(30)9-13)22(15-6-4-5-7-17(15)29)28-24(27-16)25-12-26-28/h4-7,10-13,22,29H,8-9H2,1-3H3,(H,25,26,27)/t13-,22+/m0/s1. The third-order valence-electron chi connectivity index (χ3n) is 6.25. The van der Waals surface area contributed by atoms with Gasteiger partial charge in [0.2, 0.25) is 11.7 Å². The zero-order valence-corrected chi connectivity index (χ0v) is 18.5. The van der Waals surface area contributed by atoms with Crippen LogP contribution >= 0.6 is 0 Å². The first-order chi connectivity index (χ1) is 16.0. The van der Waals surface area contributed by atoms with E-state index in [1.54, 1.807) is 44.2 Å². The summed E-state index contributed by atoms with van der Waals surface area (Å²) < 4.78 is 18.1. The molecule has 1 aliphatic carbocycles. The predicted molar refractivity (Wildman–Crippen MR) is 120 cm³/mol. The number of ketones is 1. The maximum absolute atomic E-state index is 13.5. The number of phenolic OH excluding ortho intramolecular Hbond substituents is 1. The van der Waals surface area contributed by atoms with Crippen molar-refractivity contribution < 1.29 is 24.1 Å². The van der Waals surface area contributed by atoms with Crippen molar-refractivity contribution in [1.29, 1.82) is 0 Å². The predicted octanol–water partition coefficient (Wildman–Crippen LogP) is 3.43. The number of fused-ring (bicyclic) bond motifs is 1. The minimum absolute atomic E-state index is 0.0168. The van der Waals surface area contributed by atoms with Crippen LogP contribution in [0.5, 0.6) is 23.0 Å². The molecule has 0 fully saturated rings. The molecule has 0 saturated carbocycles. The Morgan fingerprint density at radius 1 is 1.06 bits per heavy atom. The van der Waals surface area contributed by atoms with E-state index in [9.17, 15) is 9.90 Å². The van der Waals surface area contributed by atoms with E-state index in [-0.39, 0.29) is 17.5 Å². The van der Waals surface area contributed by atoms with Crippen LogP contribution < -0.4 is 19.5 Å². The van der Waals surface area contributed by atoms with Crippen molar-refractivity contribution in [2.75, 3.05) is 26.6 Å². The molecule has 2 N–H and O–H groups in total. The summed E-state index contributed by atoms with van der Waals surface area (Å²) in [6.07, 6.45) is 2.32. The number of benzene rings is 2. The Kier molecular flexibility index (Phi) is 5.16. The normalized spacial score (nSPS) is 19.4. The van der Waals surface area contributed by atoms with Gasteiger partial charge in [0.1, 0.15) is 18.1 Å². The first-order valence-electron chi connectivity index (χ1n) is 10.6. The fourth-order valence-corrected chi connectivity index (χ4v) is 4.73. The third kappa shape index (κ3) is 3.36. The van der Waals surface area contributed by atoms with Crippen molar-refractivity contribution in [1.82, 2.24) is 14.8 Å². The summed E-state index contributed by atoms with van der Waals surface area (Å²) in [6.45, 7) is 0. The lowest BCUT2D eigenvalue weighted by atomic mass is 9.77. The van der Waals surface area contributed by atoms with E-state index in [0.717, 1.165) is 11.3 Å². The van der Waals surface area contributed by atoms with Crippen LogP contribution in [0, 0.1) is 0 Å². The van der Waals surface area contributed by atoms with Crippen molar-refractivity contribution in [2.45, 2.75) is 24.8 Å². The second kappa shape index (κ2) is 8.16. The van der Waals surface area contributed by atoms with Crippen molar-refractivity contribution in [3.63, 3.8) is 0 Å². The number of para-hydroxylation sites is 1. The number of aromatic hydroxyl groups is 1. The lowest BCUT2D eigenvalue weighted by Crippen LogP contribution is -2.33. The fraction of sp³-hybridized carbons (Fsp3) is 0.292. The molecular weight excluding hydrogens is 424 g/mol. The van der Waals surface area contributed by atoms with Gasteiger partial charge in [-0.3, -0.25) is 4.79 Å². The molecule has 2 aliphatic rings. The number of aromatic nitrogens is 3. The number of allylic oxidation sites excluding steroid dienone is 2. The molecule has 170 valence electrons. The molecule has 0 spiro atoms. The number of nitrogens with zero attached hydrogens (tertiary/aromatic N) is 3. The molecule has 0 saturated heterocycles. The van der Waals surface area contributed by atoms with Crippen LogP contribution in [0.25, 0.3) is 0 Å². The summed E-state index contributed by atoms with van der Waals surface area (Å²) in [4.78, 5) is 17.9. The van der Waals surface area contributed by atoms with Crippen LogP contribution in [0.4, 0.5) is 5.95 Å². The molecule has 1 aromatic heterocycles. The minimum Gasteiger partial charge on any atom is -0.508 e. The maximum Gasteiger partial charge on any atom is 0.226 e. The molecule has 9 nitrogen and oxygen atoms in total. The van der Waals surface area contributed by atoms with Gasteiger partial charge in [0, 0.05) is 23.3 Å². The van der Waals surface area contributed by atoms with Crippen LogP contribution in [0.1, 0.15) is 35.9 Å². The Labute approximate surface area is 190 Å². The number of anilines is 1. The Morgan fingerprint density at radius 3 is 2.45 bits per heavy atom. The Morgan fingerprint density at radius 2 is 1.79 bits per heavy atom. The average Bonchev–Trinajstić information content (AvgIpc) is 3.30. The van der Waals surface area contributed by atoms with Crippen LogP contribution in [-0.2, 0) is 4.79 Å². The van der Waals surface area contributed by atoms with Gasteiger partial charge in [-0.15, -0.1) is 0 Å². The van der Waals surface area contributed by atoms with E-state index in [1.165, 1.54) is 6.33 Å². The van der Waals surface area contributed by atoms with Gasteiger partial charge in [0.15, 0.2) is 17.3 Å². The summed E-state index contributed by atoms with van der Waals surface area (Å²) in [5, 5.41) is 18.2. The first kappa shape index (κ1) is 20.9. The number of carbonyl (C=O) groups excluding carboxylic acids is 1. The second-order valence-electron chi connectivity index (χ2n) is 7.99. The van der Waals surface area contributed by atoms with Gasteiger partial charge in [-0.1, -0.05) is 18.2 Å². The van der Waals surface area contributed by atoms with Gasteiger partial charge in [-0.05, 0) is 36.1 Å². The Balaban J connectivity index is 1.59. The van der Waals surface area contributed by atoms with E-state index in [1.807, 2.05) is 18.2 Å². The summed E-state index contributed by atoms with van der Waals surface area (Å²) in [6, 6.07) is 10.2. The molecule has 2 atom stereocenters. The summed E-state index contributed by atoms with van der Waals surface area (Å²) >= 11 is 0. The first-order valence-corrected chi connectivity index (χ1v) is 10.6. The number of ether oxygens (including phenoxy) is 3. The molecule has 2 heterocycles. The fourth-order valence-electron chi connectivity index (χ4n) is 4.73. The molecule has 3 aromatic rings. The van der Waals surface area contributed by atoms with Gasteiger partial charge >= 0.3 is 0 Å². The largest absolute Gasteiger partial charge is 0.508 e. The van der Waals surface area contributed by atoms with Crippen LogP contribution in [0.3, 0.4) is 0 Å². The second-order valence-corrected chi connectivity index (χ2v) is 7.99. The topological polar surface area (TPSA) is 108 Å². The highest BCUT2D eigenvalue weighted by molar-refractivity contribution is 6.00. The van der Waals surface area contributed by atoms with Crippen LogP contribution in [0.15, 0.2) is 54.0 Å². The third-order valence-corrected chi connectivity index (χ3v) is 6.25.